The lowest BCUT2D eigenvalue weighted by Gasteiger charge is -2.55. The van der Waals surface area contributed by atoms with Crippen LogP contribution in [0.4, 0.5) is 10.1 Å². The molecule has 3 fully saturated rings. The lowest BCUT2D eigenvalue weighted by molar-refractivity contribution is -0.106. The summed E-state index contributed by atoms with van der Waals surface area (Å²) in [7, 11) is 1.82. The van der Waals surface area contributed by atoms with Crippen LogP contribution in [-0.2, 0) is 4.74 Å². The van der Waals surface area contributed by atoms with Crippen molar-refractivity contribution in [3.8, 4) is 0 Å². The fourth-order valence-electron chi connectivity index (χ4n) is 5.31. The second-order valence-electron chi connectivity index (χ2n) is 9.14. The monoisotopic (exact) mass is 516 g/mol. The average Bonchev–Trinajstić information content (AvgIpc) is 3.14. The van der Waals surface area contributed by atoms with E-state index in [9.17, 15) is 4.39 Å². The molecule has 4 unspecified atom stereocenters. The van der Waals surface area contributed by atoms with E-state index in [-0.39, 0.29) is 41.3 Å². The summed E-state index contributed by atoms with van der Waals surface area (Å²) in [4.78, 5) is 6.63. The number of benzene rings is 1. The summed E-state index contributed by atoms with van der Waals surface area (Å²) in [5.74, 6) is 1.27. The standard InChI is InChI=1S/C22H33FN4O.HI/c1-14-7-8-17(23)18(12-14)27-10-5-6-15(13-27)25-21(24-4)26-19-16-9-11-28-20(16)22(19,2)3;/h7-8,12,15-16,19-20H,5-6,9-11,13H2,1-4H3,(H2,24,25,26);1H. The van der Waals surface area contributed by atoms with E-state index >= 15 is 0 Å². The van der Waals surface area contributed by atoms with Gasteiger partial charge in [0, 0.05) is 50.2 Å². The molecule has 29 heavy (non-hydrogen) atoms. The van der Waals surface area contributed by atoms with E-state index < -0.39 is 0 Å². The third kappa shape index (κ3) is 4.36. The molecule has 7 heteroatoms. The van der Waals surface area contributed by atoms with Crippen LogP contribution in [0.5, 0.6) is 0 Å². The van der Waals surface area contributed by atoms with Crippen molar-refractivity contribution in [1.82, 2.24) is 10.6 Å². The Morgan fingerprint density at radius 1 is 1.28 bits per heavy atom. The molecule has 0 spiro atoms. The second-order valence-corrected chi connectivity index (χ2v) is 9.14. The number of hydrogen-bond acceptors (Lipinski definition) is 3. The van der Waals surface area contributed by atoms with Crippen molar-refractivity contribution in [2.75, 3.05) is 31.6 Å². The molecule has 2 heterocycles. The van der Waals surface area contributed by atoms with Crippen LogP contribution < -0.4 is 15.5 Å². The Labute approximate surface area is 190 Å². The Hall–Kier alpha value is -1.09. The Kier molecular flexibility index (Phi) is 6.98. The summed E-state index contributed by atoms with van der Waals surface area (Å²) in [5, 5.41) is 7.24. The number of rotatable bonds is 3. The van der Waals surface area contributed by atoms with Gasteiger partial charge in [-0.1, -0.05) is 19.9 Å². The molecule has 1 aromatic carbocycles. The first kappa shape index (κ1) is 22.6. The van der Waals surface area contributed by atoms with Crippen molar-refractivity contribution in [1.29, 1.82) is 0 Å². The number of hydrogen-bond donors (Lipinski definition) is 2. The molecule has 0 aromatic heterocycles. The second kappa shape index (κ2) is 8.96. The lowest BCUT2D eigenvalue weighted by Crippen LogP contribution is -2.68. The van der Waals surface area contributed by atoms with E-state index in [1.54, 1.807) is 6.07 Å². The number of fused-ring (bicyclic) bond motifs is 1. The Bertz CT molecular complexity index is 756. The number of anilines is 1. The van der Waals surface area contributed by atoms with E-state index in [0.717, 1.165) is 50.5 Å². The number of nitrogens with zero attached hydrogens (tertiary/aromatic N) is 2. The molecule has 1 aromatic rings. The molecule has 2 saturated heterocycles. The normalized spacial score (nSPS) is 30.8. The molecule has 1 saturated carbocycles. The number of piperidine rings is 1. The number of aryl methyl sites for hydroxylation is 1. The number of aliphatic imine (C=N–C) groups is 1. The van der Waals surface area contributed by atoms with Gasteiger partial charge in [-0.3, -0.25) is 4.99 Å². The quantitative estimate of drug-likeness (QED) is 0.366. The predicted molar refractivity (Wildman–Crippen MR) is 127 cm³/mol. The van der Waals surface area contributed by atoms with Crippen molar-refractivity contribution in [3.63, 3.8) is 0 Å². The molecule has 5 nitrogen and oxygen atoms in total. The summed E-state index contributed by atoms with van der Waals surface area (Å²) in [5.41, 5.74) is 1.91. The molecule has 2 aliphatic heterocycles. The Morgan fingerprint density at radius 2 is 2.07 bits per heavy atom. The van der Waals surface area contributed by atoms with Gasteiger partial charge in [0.2, 0.25) is 0 Å². The highest BCUT2D eigenvalue weighted by atomic mass is 127. The molecule has 162 valence electrons. The van der Waals surface area contributed by atoms with Crippen molar-refractivity contribution in [3.05, 3.63) is 29.6 Å². The number of halogens is 2. The average molecular weight is 516 g/mol. The van der Waals surface area contributed by atoms with Gasteiger partial charge in [-0.25, -0.2) is 4.39 Å². The Balaban J connectivity index is 0.00000240. The van der Waals surface area contributed by atoms with Crippen LogP contribution in [-0.4, -0.2) is 50.9 Å². The Morgan fingerprint density at radius 3 is 2.83 bits per heavy atom. The van der Waals surface area contributed by atoms with E-state index in [1.165, 1.54) is 0 Å². The van der Waals surface area contributed by atoms with Crippen LogP contribution >= 0.6 is 24.0 Å². The lowest BCUT2D eigenvalue weighted by atomic mass is 9.57. The van der Waals surface area contributed by atoms with Crippen LogP contribution in [0.3, 0.4) is 0 Å². The first-order valence-electron chi connectivity index (χ1n) is 10.5. The van der Waals surface area contributed by atoms with E-state index in [2.05, 4.69) is 34.4 Å². The maximum absolute atomic E-state index is 14.3. The van der Waals surface area contributed by atoms with Crippen LogP contribution in [0.2, 0.25) is 0 Å². The van der Waals surface area contributed by atoms with Gasteiger partial charge in [0.05, 0.1) is 11.8 Å². The maximum Gasteiger partial charge on any atom is 0.191 e. The summed E-state index contributed by atoms with van der Waals surface area (Å²) in [6.07, 6.45) is 3.58. The smallest absolute Gasteiger partial charge is 0.191 e. The van der Waals surface area contributed by atoms with Crippen molar-refractivity contribution < 1.29 is 9.13 Å². The molecule has 0 radical (unpaired) electrons. The zero-order valence-electron chi connectivity index (χ0n) is 17.9. The summed E-state index contributed by atoms with van der Waals surface area (Å²) >= 11 is 0. The van der Waals surface area contributed by atoms with Crippen LogP contribution in [0.1, 0.15) is 38.7 Å². The van der Waals surface area contributed by atoms with Crippen molar-refractivity contribution in [2.24, 2.45) is 16.3 Å². The molecule has 2 N–H and O–H groups in total. The predicted octanol–water partition coefficient (Wildman–Crippen LogP) is 3.70. The first-order chi connectivity index (χ1) is 13.4. The highest BCUT2D eigenvalue weighted by Gasteiger charge is 2.59. The largest absolute Gasteiger partial charge is 0.377 e. The van der Waals surface area contributed by atoms with Gasteiger partial charge in [-0.2, -0.15) is 0 Å². The van der Waals surface area contributed by atoms with Crippen molar-refractivity contribution >= 4 is 35.6 Å². The van der Waals surface area contributed by atoms with Gasteiger partial charge < -0.3 is 20.3 Å². The van der Waals surface area contributed by atoms with Gasteiger partial charge in [0.25, 0.3) is 0 Å². The van der Waals surface area contributed by atoms with Crippen LogP contribution in [0.25, 0.3) is 0 Å². The summed E-state index contributed by atoms with van der Waals surface area (Å²) < 4.78 is 20.2. The zero-order valence-corrected chi connectivity index (χ0v) is 20.2. The van der Waals surface area contributed by atoms with E-state index in [0.29, 0.717) is 23.8 Å². The molecule has 0 bridgehead atoms. The molecular formula is C22H34FIN4O. The fourth-order valence-corrected chi connectivity index (χ4v) is 5.31. The van der Waals surface area contributed by atoms with Crippen LogP contribution in [0.15, 0.2) is 23.2 Å². The zero-order chi connectivity index (χ0) is 19.9. The highest BCUT2D eigenvalue weighted by molar-refractivity contribution is 14.0. The minimum Gasteiger partial charge on any atom is -0.377 e. The van der Waals surface area contributed by atoms with Gasteiger partial charge >= 0.3 is 0 Å². The number of ether oxygens (including phenoxy) is 1. The van der Waals surface area contributed by atoms with Crippen molar-refractivity contribution in [2.45, 2.75) is 58.2 Å². The third-order valence-electron chi connectivity index (χ3n) is 6.82. The summed E-state index contributed by atoms with van der Waals surface area (Å²) in [6.45, 7) is 9.09. The van der Waals surface area contributed by atoms with Gasteiger partial charge in [-0.05, 0) is 43.9 Å². The highest BCUT2D eigenvalue weighted by Crippen LogP contribution is 2.52. The number of guanidine groups is 1. The third-order valence-corrected chi connectivity index (χ3v) is 6.82. The maximum atomic E-state index is 14.3. The fraction of sp³-hybridized carbons (Fsp3) is 0.682. The molecule has 0 amide bonds. The topological polar surface area (TPSA) is 48.9 Å². The molecular weight excluding hydrogens is 482 g/mol. The van der Waals surface area contributed by atoms with Crippen LogP contribution in [0, 0.1) is 24.1 Å². The van der Waals surface area contributed by atoms with Gasteiger partial charge in [0.1, 0.15) is 5.82 Å². The molecule has 1 aliphatic carbocycles. The molecule has 4 atom stereocenters. The summed E-state index contributed by atoms with van der Waals surface area (Å²) in [6, 6.07) is 5.96. The molecule has 4 rings (SSSR count). The van der Waals surface area contributed by atoms with E-state index in [4.69, 9.17) is 4.74 Å². The SMILES string of the molecule is CN=C(NC1CCCN(c2cc(C)ccc2F)C1)NC1C2CCOC2C1(C)C.I. The van der Waals surface area contributed by atoms with E-state index in [1.807, 2.05) is 26.1 Å². The van der Waals surface area contributed by atoms with Gasteiger partial charge in [-0.15, -0.1) is 24.0 Å². The number of nitrogens with one attached hydrogen (secondary N) is 2. The minimum absolute atomic E-state index is 0. The first-order valence-corrected chi connectivity index (χ1v) is 10.5. The van der Waals surface area contributed by atoms with Gasteiger partial charge in [0.15, 0.2) is 5.96 Å². The minimum atomic E-state index is -0.141. The molecule has 3 aliphatic rings.